The molecule has 1 nitrogen and oxygen atoms in total. The summed E-state index contributed by atoms with van der Waals surface area (Å²) in [4.78, 5) is 2.46. The van der Waals surface area contributed by atoms with Gasteiger partial charge < -0.3 is 4.90 Å². The molecule has 0 amide bonds. The van der Waals surface area contributed by atoms with Gasteiger partial charge in [-0.25, -0.2) is 0 Å². The molecule has 1 aromatic heterocycles. The first-order valence-electron chi connectivity index (χ1n) is 22.3. The first-order valence-corrected chi connectivity index (χ1v) is 23.2. The van der Waals surface area contributed by atoms with Gasteiger partial charge in [0.05, 0.1) is 11.1 Å². The van der Waals surface area contributed by atoms with Gasteiger partial charge in [0.25, 0.3) is 0 Å². The number of anilines is 3. The van der Waals surface area contributed by atoms with Crippen LogP contribution in [0, 0.1) is 0 Å². The van der Waals surface area contributed by atoms with Crippen LogP contribution in [0.3, 0.4) is 0 Å². The fourth-order valence-electron chi connectivity index (χ4n) is 10.4. The van der Waals surface area contributed by atoms with E-state index in [2.05, 4.69) is 265 Å². The predicted molar refractivity (Wildman–Crippen MR) is 276 cm³/mol. The Labute approximate surface area is 384 Å². The van der Waals surface area contributed by atoms with E-state index in [1.165, 1.54) is 82.4 Å². The molecule has 1 aliphatic rings. The van der Waals surface area contributed by atoms with Crippen molar-refractivity contribution in [1.29, 1.82) is 0 Å². The van der Waals surface area contributed by atoms with Crippen LogP contribution in [0.15, 0.2) is 260 Å². The molecule has 1 atom stereocenters. The number of para-hydroxylation sites is 1. The van der Waals surface area contributed by atoms with Gasteiger partial charge in [0.15, 0.2) is 0 Å². The lowest BCUT2D eigenvalue weighted by Gasteiger charge is -2.34. The molecule has 65 heavy (non-hydrogen) atoms. The quantitative estimate of drug-likeness (QED) is 0.140. The minimum Gasteiger partial charge on any atom is -0.310 e. The zero-order valence-electron chi connectivity index (χ0n) is 35.7. The lowest BCUT2D eigenvalue weighted by molar-refractivity contribution is 0.770. The van der Waals surface area contributed by atoms with Crippen molar-refractivity contribution in [3.63, 3.8) is 0 Å². The minimum atomic E-state index is -0.546. The molecule has 1 aliphatic carbocycles. The Morgan fingerprint density at radius 1 is 0.323 bits per heavy atom. The molecule has 0 saturated carbocycles. The number of benzene rings is 10. The van der Waals surface area contributed by atoms with Crippen LogP contribution >= 0.6 is 11.3 Å². The standard InChI is InChI=1S/C63H43NS/c1-6-19-44(20-7-1)48-34-38-60(64(51-27-14-5-15-28-51)52-36-37-53(45-21-8-2-9-22-45)56(43-52)46-23-10-3-11-24-46)57(41-48)54-30-18-32-59-62(54)55-29-16-17-31-58(55)63(59,49-25-12-4-13-26-49)50-35-33-47-39-40-65-61(47)42-50/h1-43H. The molecule has 0 N–H and O–H groups in total. The Morgan fingerprint density at radius 3 is 1.68 bits per heavy atom. The molecule has 12 rings (SSSR count). The third-order valence-electron chi connectivity index (χ3n) is 13.2. The lowest BCUT2D eigenvalue weighted by Crippen LogP contribution is -2.28. The third kappa shape index (κ3) is 6.53. The van der Waals surface area contributed by atoms with Crippen molar-refractivity contribution in [2.75, 3.05) is 4.90 Å². The maximum absolute atomic E-state index is 2.46. The van der Waals surface area contributed by atoms with Gasteiger partial charge in [-0.2, -0.15) is 0 Å². The number of nitrogens with zero attached hydrogens (tertiary/aromatic N) is 1. The molecule has 10 aromatic carbocycles. The van der Waals surface area contributed by atoms with Crippen LogP contribution in [0.4, 0.5) is 17.1 Å². The predicted octanol–water partition coefficient (Wildman–Crippen LogP) is 17.4. The molecule has 306 valence electrons. The van der Waals surface area contributed by atoms with E-state index in [1.54, 1.807) is 0 Å². The highest BCUT2D eigenvalue weighted by Crippen LogP contribution is 2.59. The van der Waals surface area contributed by atoms with Gasteiger partial charge >= 0.3 is 0 Å². The van der Waals surface area contributed by atoms with Crippen molar-refractivity contribution in [2.45, 2.75) is 5.41 Å². The van der Waals surface area contributed by atoms with Gasteiger partial charge in [0.2, 0.25) is 0 Å². The van der Waals surface area contributed by atoms with E-state index in [0.717, 1.165) is 22.6 Å². The molecule has 1 unspecified atom stereocenters. The van der Waals surface area contributed by atoms with Crippen molar-refractivity contribution in [3.05, 3.63) is 282 Å². The fourth-order valence-corrected chi connectivity index (χ4v) is 11.2. The average molecular weight is 846 g/mol. The first-order chi connectivity index (χ1) is 32.3. The van der Waals surface area contributed by atoms with Crippen LogP contribution in [0.5, 0.6) is 0 Å². The average Bonchev–Trinajstić information content (AvgIpc) is 3.99. The highest BCUT2D eigenvalue weighted by molar-refractivity contribution is 7.17. The van der Waals surface area contributed by atoms with Gasteiger partial charge in [-0.1, -0.05) is 206 Å². The molecule has 0 bridgehead atoms. The van der Waals surface area contributed by atoms with Gasteiger partial charge in [0.1, 0.15) is 0 Å². The summed E-state index contributed by atoms with van der Waals surface area (Å²) in [6, 6.07) is 93.9. The van der Waals surface area contributed by atoms with Crippen LogP contribution in [0.1, 0.15) is 22.3 Å². The molecular weight excluding hydrogens is 803 g/mol. The van der Waals surface area contributed by atoms with E-state index >= 15 is 0 Å². The summed E-state index contributed by atoms with van der Waals surface area (Å²) in [5, 5.41) is 3.48. The zero-order valence-corrected chi connectivity index (χ0v) is 36.5. The Hall–Kier alpha value is -8.04. The summed E-state index contributed by atoms with van der Waals surface area (Å²) in [6.45, 7) is 0. The Bertz CT molecular complexity index is 3470. The fraction of sp³-hybridized carbons (Fsp3) is 0.0159. The smallest absolute Gasteiger partial charge is 0.0714 e. The van der Waals surface area contributed by atoms with Gasteiger partial charge in [-0.15, -0.1) is 11.3 Å². The van der Waals surface area contributed by atoms with Gasteiger partial charge in [-0.3, -0.25) is 0 Å². The molecule has 0 spiro atoms. The maximum atomic E-state index is 2.46. The molecule has 1 heterocycles. The Balaban J connectivity index is 1.15. The molecule has 11 aromatic rings. The Morgan fingerprint density at radius 2 is 0.938 bits per heavy atom. The molecule has 2 heteroatoms. The van der Waals surface area contributed by atoms with E-state index in [1.807, 2.05) is 11.3 Å². The number of hydrogen-bond acceptors (Lipinski definition) is 2. The third-order valence-corrected chi connectivity index (χ3v) is 14.1. The monoisotopic (exact) mass is 845 g/mol. The van der Waals surface area contributed by atoms with E-state index < -0.39 is 5.41 Å². The van der Waals surface area contributed by atoms with Crippen LogP contribution in [0.2, 0.25) is 0 Å². The molecule has 0 aliphatic heterocycles. The number of hydrogen-bond donors (Lipinski definition) is 0. The summed E-state index contributed by atoms with van der Waals surface area (Å²) < 4.78 is 1.30. The number of rotatable bonds is 9. The molecular formula is C63H43NS. The molecule has 0 radical (unpaired) electrons. The van der Waals surface area contributed by atoms with Gasteiger partial charge in [-0.05, 0) is 132 Å². The summed E-state index contributed by atoms with van der Waals surface area (Å²) in [5.41, 5.74) is 19.8. The van der Waals surface area contributed by atoms with Crippen molar-refractivity contribution in [2.24, 2.45) is 0 Å². The first kappa shape index (κ1) is 38.6. The molecule has 0 saturated heterocycles. The van der Waals surface area contributed by atoms with Crippen molar-refractivity contribution in [1.82, 2.24) is 0 Å². The Kier molecular flexibility index (Phi) is 9.66. The van der Waals surface area contributed by atoms with Crippen LogP contribution in [-0.2, 0) is 5.41 Å². The second kappa shape index (κ2) is 16.3. The van der Waals surface area contributed by atoms with Crippen LogP contribution in [0.25, 0.3) is 65.7 Å². The normalized spacial score (nSPS) is 13.9. The second-order valence-corrected chi connectivity index (χ2v) is 17.7. The van der Waals surface area contributed by atoms with Crippen molar-refractivity contribution < 1.29 is 0 Å². The largest absolute Gasteiger partial charge is 0.310 e. The summed E-state index contributed by atoms with van der Waals surface area (Å²) in [6.07, 6.45) is 0. The summed E-state index contributed by atoms with van der Waals surface area (Å²) in [7, 11) is 0. The highest BCUT2D eigenvalue weighted by Gasteiger charge is 2.47. The topological polar surface area (TPSA) is 3.24 Å². The highest BCUT2D eigenvalue weighted by atomic mass is 32.1. The van der Waals surface area contributed by atoms with Crippen molar-refractivity contribution >= 4 is 38.5 Å². The second-order valence-electron chi connectivity index (χ2n) is 16.8. The van der Waals surface area contributed by atoms with Gasteiger partial charge in [0, 0.05) is 21.6 Å². The van der Waals surface area contributed by atoms with E-state index in [0.29, 0.717) is 0 Å². The van der Waals surface area contributed by atoms with Crippen LogP contribution in [-0.4, -0.2) is 0 Å². The number of fused-ring (bicyclic) bond motifs is 4. The van der Waals surface area contributed by atoms with E-state index in [4.69, 9.17) is 0 Å². The van der Waals surface area contributed by atoms with E-state index in [-0.39, 0.29) is 0 Å². The summed E-state index contributed by atoms with van der Waals surface area (Å²) >= 11 is 1.81. The SMILES string of the molecule is c1ccc(-c2ccc(N(c3ccccc3)c3ccc(-c4ccccc4)c(-c4ccccc4)c3)c(-c3cccc4c3-c3ccccc3C4(c3ccccc3)c3ccc4ccsc4c3)c2)cc1. The number of thiophene rings is 1. The lowest BCUT2D eigenvalue weighted by atomic mass is 9.67. The minimum absolute atomic E-state index is 0.546. The maximum Gasteiger partial charge on any atom is 0.0714 e. The molecule has 0 fully saturated rings. The summed E-state index contributed by atoms with van der Waals surface area (Å²) in [5.74, 6) is 0. The zero-order chi connectivity index (χ0) is 43.2. The van der Waals surface area contributed by atoms with Crippen molar-refractivity contribution in [3.8, 4) is 55.6 Å². The van der Waals surface area contributed by atoms with Crippen LogP contribution < -0.4 is 4.90 Å². The van der Waals surface area contributed by atoms with E-state index in [9.17, 15) is 0 Å².